The predicted octanol–water partition coefficient (Wildman–Crippen LogP) is -1.48. The van der Waals surface area contributed by atoms with E-state index in [-0.39, 0.29) is 11.9 Å². The number of anilines is 1. The highest BCUT2D eigenvalue weighted by molar-refractivity contribution is 6.35. The van der Waals surface area contributed by atoms with E-state index in [0.717, 1.165) is 24.3 Å². The number of benzene rings is 1. The molecule has 3 rings (SSSR count). The first kappa shape index (κ1) is 23.0. The zero-order valence-corrected chi connectivity index (χ0v) is 18.7. The topological polar surface area (TPSA) is 86.6 Å². The van der Waals surface area contributed by atoms with E-state index in [0.29, 0.717) is 45.9 Å². The highest BCUT2D eigenvalue weighted by Crippen LogP contribution is 2.16. The average molecular weight is 433 g/mol. The van der Waals surface area contributed by atoms with Crippen molar-refractivity contribution >= 4 is 23.4 Å². The van der Waals surface area contributed by atoms with Gasteiger partial charge in [0, 0.05) is 58.4 Å². The van der Waals surface area contributed by atoms with Gasteiger partial charge in [-0.05, 0) is 12.1 Å². The fourth-order valence-electron chi connectivity index (χ4n) is 4.12. The number of carbonyl (C=O) groups is 3. The quantitative estimate of drug-likeness (QED) is 0.554. The van der Waals surface area contributed by atoms with Crippen LogP contribution in [0.3, 0.4) is 0 Å². The second-order valence-electron chi connectivity index (χ2n) is 8.32. The third kappa shape index (κ3) is 5.95. The van der Waals surface area contributed by atoms with E-state index in [2.05, 4.69) is 29.6 Å². The van der Waals surface area contributed by atoms with Gasteiger partial charge in [-0.1, -0.05) is 12.1 Å². The maximum Gasteiger partial charge on any atom is 0.312 e. The second kappa shape index (κ2) is 10.6. The number of piperazine rings is 1. The molecule has 1 atom stereocenters. The fourth-order valence-corrected chi connectivity index (χ4v) is 4.12. The standard InChI is InChI=1S/C22H33N5O4/c1-17(28)25-8-10-27(11-9-25)22(30)21(29)23-16-20(26-12-14-31-15-13-26)18-4-6-19(7-5-18)24(2)3/h4-7,20H,8-16H2,1-3H3,(H,23,29)/p+1/t20-/m0/s1. The number of nitrogens with one attached hydrogen (secondary N) is 2. The van der Waals surface area contributed by atoms with Crippen molar-refractivity contribution in [2.45, 2.75) is 13.0 Å². The maximum absolute atomic E-state index is 12.6. The van der Waals surface area contributed by atoms with Crippen LogP contribution < -0.4 is 15.1 Å². The van der Waals surface area contributed by atoms with Gasteiger partial charge >= 0.3 is 11.8 Å². The van der Waals surface area contributed by atoms with Gasteiger partial charge in [0.2, 0.25) is 5.91 Å². The summed E-state index contributed by atoms with van der Waals surface area (Å²) < 4.78 is 5.50. The van der Waals surface area contributed by atoms with E-state index in [1.54, 1.807) is 4.90 Å². The van der Waals surface area contributed by atoms with Crippen LogP contribution in [0.4, 0.5) is 5.69 Å². The Bertz CT molecular complexity index is 769. The Labute approximate surface area is 183 Å². The Morgan fingerprint density at radius 3 is 2.16 bits per heavy atom. The van der Waals surface area contributed by atoms with Crippen molar-refractivity contribution in [3.63, 3.8) is 0 Å². The minimum atomic E-state index is -0.584. The van der Waals surface area contributed by atoms with Crippen LogP contribution in [0.5, 0.6) is 0 Å². The molecule has 2 fully saturated rings. The van der Waals surface area contributed by atoms with Gasteiger partial charge in [-0.2, -0.15) is 0 Å². The summed E-state index contributed by atoms with van der Waals surface area (Å²) >= 11 is 0. The molecule has 9 heteroatoms. The Morgan fingerprint density at radius 1 is 1.03 bits per heavy atom. The van der Waals surface area contributed by atoms with Crippen molar-refractivity contribution in [3.05, 3.63) is 29.8 Å². The SMILES string of the molecule is CC(=O)N1CCN(C(=O)C(=O)NC[C@@H](c2ccc(N(C)C)cc2)[NH+]2CCOCC2)CC1. The number of quaternary nitrogens is 1. The molecule has 1 aromatic rings. The number of hydrogen-bond acceptors (Lipinski definition) is 5. The van der Waals surface area contributed by atoms with E-state index in [1.807, 2.05) is 19.0 Å². The minimum Gasteiger partial charge on any atom is -0.378 e. The largest absolute Gasteiger partial charge is 0.378 e. The first-order valence-corrected chi connectivity index (χ1v) is 10.9. The number of ether oxygens (including phenoxy) is 1. The Kier molecular flexibility index (Phi) is 7.86. The van der Waals surface area contributed by atoms with E-state index in [4.69, 9.17) is 4.74 Å². The molecular formula is C22H34N5O4+. The molecule has 31 heavy (non-hydrogen) atoms. The van der Waals surface area contributed by atoms with Gasteiger partial charge in [0.1, 0.15) is 19.1 Å². The lowest BCUT2D eigenvalue weighted by atomic mass is 10.0. The molecule has 2 saturated heterocycles. The smallest absolute Gasteiger partial charge is 0.312 e. The first-order chi connectivity index (χ1) is 14.9. The highest BCUT2D eigenvalue weighted by atomic mass is 16.5. The van der Waals surface area contributed by atoms with Crippen molar-refractivity contribution in [2.75, 3.05) is 78.0 Å². The van der Waals surface area contributed by atoms with Crippen LogP contribution in [0.25, 0.3) is 0 Å². The van der Waals surface area contributed by atoms with E-state index in [9.17, 15) is 14.4 Å². The molecule has 1 aromatic carbocycles. The van der Waals surface area contributed by atoms with Crippen molar-refractivity contribution in [1.82, 2.24) is 15.1 Å². The van der Waals surface area contributed by atoms with Crippen molar-refractivity contribution in [3.8, 4) is 0 Å². The van der Waals surface area contributed by atoms with Crippen molar-refractivity contribution < 1.29 is 24.0 Å². The number of hydrogen-bond donors (Lipinski definition) is 2. The fraction of sp³-hybridized carbons (Fsp3) is 0.591. The maximum atomic E-state index is 12.6. The summed E-state index contributed by atoms with van der Waals surface area (Å²) in [5.41, 5.74) is 2.24. The van der Waals surface area contributed by atoms with Gasteiger partial charge in [0.05, 0.1) is 19.8 Å². The lowest BCUT2D eigenvalue weighted by molar-refractivity contribution is -0.937. The van der Waals surface area contributed by atoms with Gasteiger partial charge < -0.3 is 29.7 Å². The van der Waals surface area contributed by atoms with Gasteiger partial charge in [0.25, 0.3) is 0 Å². The molecular weight excluding hydrogens is 398 g/mol. The van der Waals surface area contributed by atoms with Crippen LogP contribution in [0.15, 0.2) is 24.3 Å². The summed E-state index contributed by atoms with van der Waals surface area (Å²) in [4.78, 5) is 43.3. The molecule has 0 spiro atoms. The molecule has 0 bridgehead atoms. The van der Waals surface area contributed by atoms with Gasteiger partial charge in [-0.25, -0.2) is 0 Å². The summed E-state index contributed by atoms with van der Waals surface area (Å²) in [5.74, 6) is -1.12. The van der Waals surface area contributed by atoms with Crippen molar-refractivity contribution in [1.29, 1.82) is 0 Å². The van der Waals surface area contributed by atoms with Gasteiger partial charge in [0.15, 0.2) is 0 Å². The van der Waals surface area contributed by atoms with Gasteiger partial charge in [-0.3, -0.25) is 14.4 Å². The summed E-state index contributed by atoms with van der Waals surface area (Å²) in [6.45, 7) is 6.70. The molecule has 170 valence electrons. The molecule has 2 N–H and O–H groups in total. The number of carbonyl (C=O) groups excluding carboxylic acids is 3. The Morgan fingerprint density at radius 2 is 1.61 bits per heavy atom. The molecule has 0 aliphatic carbocycles. The number of morpholine rings is 1. The lowest BCUT2D eigenvalue weighted by Crippen LogP contribution is -3.15. The number of amides is 3. The molecule has 0 aromatic heterocycles. The number of rotatable bonds is 5. The minimum absolute atomic E-state index is 0.00633. The van der Waals surface area contributed by atoms with E-state index in [1.165, 1.54) is 16.7 Å². The molecule has 2 aliphatic rings. The third-order valence-electron chi connectivity index (χ3n) is 6.11. The predicted molar refractivity (Wildman–Crippen MR) is 117 cm³/mol. The third-order valence-corrected chi connectivity index (χ3v) is 6.11. The monoisotopic (exact) mass is 432 g/mol. The lowest BCUT2D eigenvalue weighted by Gasteiger charge is -2.34. The van der Waals surface area contributed by atoms with Crippen LogP contribution in [0, 0.1) is 0 Å². The Hall–Kier alpha value is -2.65. The molecule has 0 radical (unpaired) electrons. The van der Waals surface area contributed by atoms with E-state index >= 15 is 0 Å². The molecule has 9 nitrogen and oxygen atoms in total. The Balaban J connectivity index is 1.62. The summed E-state index contributed by atoms with van der Waals surface area (Å²) in [6.07, 6.45) is 0. The van der Waals surface area contributed by atoms with Crippen LogP contribution in [-0.4, -0.2) is 101 Å². The second-order valence-corrected chi connectivity index (χ2v) is 8.32. The number of nitrogens with zero attached hydrogens (tertiary/aromatic N) is 3. The summed E-state index contributed by atoms with van der Waals surface area (Å²) in [6, 6.07) is 8.38. The first-order valence-electron chi connectivity index (χ1n) is 10.9. The molecule has 2 heterocycles. The van der Waals surface area contributed by atoms with Crippen LogP contribution in [0.2, 0.25) is 0 Å². The van der Waals surface area contributed by atoms with E-state index < -0.39 is 11.8 Å². The normalized spacial score (nSPS) is 18.4. The van der Waals surface area contributed by atoms with Crippen molar-refractivity contribution in [2.24, 2.45) is 0 Å². The van der Waals surface area contributed by atoms with Crippen LogP contribution in [0.1, 0.15) is 18.5 Å². The zero-order chi connectivity index (χ0) is 22.4. The highest BCUT2D eigenvalue weighted by Gasteiger charge is 2.30. The molecule has 0 unspecified atom stereocenters. The summed E-state index contributed by atoms with van der Waals surface area (Å²) in [7, 11) is 4.00. The van der Waals surface area contributed by atoms with Crippen LogP contribution in [-0.2, 0) is 19.1 Å². The zero-order valence-electron chi connectivity index (χ0n) is 18.7. The van der Waals surface area contributed by atoms with Crippen LogP contribution >= 0.6 is 0 Å². The molecule has 2 aliphatic heterocycles. The molecule has 3 amide bonds. The average Bonchev–Trinajstić information content (AvgIpc) is 2.79. The van der Waals surface area contributed by atoms with Gasteiger partial charge in [-0.15, -0.1) is 0 Å². The summed E-state index contributed by atoms with van der Waals surface area (Å²) in [5, 5.41) is 2.86. The molecule has 0 saturated carbocycles.